The molecule has 0 atom stereocenters. The van der Waals surface area contributed by atoms with Crippen LogP contribution in [-0.4, -0.2) is 58.9 Å². The Kier molecular flexibility index (Phi) is 4.62. The third-order valence-corrected chi connectivity index (χ3v) is 4.88. The van der Waals surface area contributed by atoms with Crippen molar-refractivity contribution < 1.29 is 19.5 Å². The number of hydrogen-bond donors (Lipinski definition) is 1. The van der Waals surface area contributed by atoms with Gasteiger partial charge in [0.2, 0.25) is 5.91 Å². The Hall–Kier alpha value is -1.89. The van der Waals surface area contributed by atoms with Crippen molar-refractivity contribution in [3.05, 3.63) is 21.9 Å². The summed E-state index contributed by atoms with van der Waals surface area (Å²) in [5, 5.41) is 8.89. The second-order valence-electron chi connectivity index (χ2n) is 5.12. The SMILES string of the molecule is CC(=O)N(C)C1CCN(C(=O)c2ccc(C(=O)O)s2)CC1. The molecular formula is C14H18N2O4S. The van der Waals surface area contributed by atoms with Crippen LogP contribution < -0.4 is 0 Å². The molecule has 0 unspecified atom stereocenters. The molecule has 0 saturated carbocycles. The second kappa shape index (κ2) is 6.26. The Morgan fingerprint density at radius 1 is 1.24 bits per heavy atom. The third-order valence-electron chi connectivity index (χ3n) is 3.82. The number of aromatic carboxylic acids is 1. The lowest BCUT2D eigenvalue weighted by Crippen LogP contribution is -2.46. The van der Waals surface area contributed by atoms with E-state index in [2.05, 4.69) is 0 Å². The zero-order valence-corrected chi connectivity index (χ0v) is 12.9. The monoisotopic (exact) mass is 310 g/mol. The van der Waals surface area contributed by atoms with E-state index in [1.807, 2.05) is 0 Å². The molecule has 0 spiro atoms. The second-order valence-corrected chi connectivity index (χ2v) is 6.21. The normalized spacial score (nSPS) is 15.8. The summed E-state index contributed by atoms with van der Waals surface area (Å²) >= 11 is 0.999. The van der Waals surface area contributed by atoms with Crippen molar-refractivity contribution in [3.8, 4) is 0 Å². The van der Waals surface area contributed by atoms with E-state index in [1.165, 1.54) is 13.0 Å². The molecule has 1 aliphatic rings. The van der Waals surface area contributed by atoms with Crippen molar-refractivity contribution in [3.63, 3.8) is 0 Å². The Bertz CT molecular complexity index is 561. The van der Waals surface area contributed by atoms with Gasteiger partial charge in [0, 0.05) is 33.1 Å². The van der Waals surface area contributed by atoms with Crippen LogP contribution in [-0.2, 0) is 4.79 Å². The van der Waals surface area contributed by atoms with Gasteiger partial charge in [-0.05, 0) is 25.0 Å². The minimum Gasteiger partial charge on any atom is -0.477 e. The Morgan fingerprint density at radius 2 is 1.81 bits per heavy atom. The van der Waals surface area contributed by atoms with Crippen LogP contribution in [0.15, 0.2) is 12.1 Å². The number of nitrogens with zero attached hydrogens (tertiary/aromatic N) is 2. The van der Waals surface area contributed by atoms with Crippen molar-refractivity contribution in [1.29, 1.82) is 0 Å². The lowest BCUT2D eigenvalue weighted by molar-refractivity contribution is -0.130. The van der Waals surface area contributed by atoms with Crippen molar-refractivity contribution in [2.24, 2.45) is 0 Å². The van der Waals surface area contributed by atoms with Gasteiger partial charge in [-0.15, -0.1) is 11.3 Å². The summed E-state index contributed by atoms with van der Waals surface area (Å²) in [6.45, 7) is 2.71. The summed E-state index contributed by atoms with van der Waals surface area (Å²) in [5.41, 5.74) is 0. The highest BCUT2D eigenvalue weighted by molar-refractivity contribution is 7.15. The molecule has 21 heavy (non-hydrogen) atoms. The summed E-state index contributed by atoms with van der Waals surface area (Å²) in [4.78, 5) is 38.6. The van der Waals surface area contributed by atoms with Gasteiger partial charge in [0.1, 0.15) is 4.88 Å². The Labute approximate surface area is 127 Å². The van der Waals surface area contributed by atoms with Crippen LogP contribution in [0.2, 0.25) is 0 Å². The van der Waals surface area contributed by atoms with E-state index in [-0.39, 0.29) is 22.7 Å². The van der Waals surface area contributed by atoms with Crippen LogP contribution in [0.4, 0.5) is 0 Å². The summed E-state index contributed by atoms with van der Waals surface area (Å²) in [6, 6.07) is 3.19. The van der Waals surface area contributed by atoms with E-state index in [0.29, 0.717) is 18.0 Å². The van der Waals surface area contributed by atoms with Gasteiger partial charge in [-0.25, -0.2) is 4.79 Å². The zero-order chi connectivity index (χ0) is 15.6. The molecule has 0 aromatic carbocycles. The van der Waals surface area contributed by atoms with Gasteiger partial charge in [0.15, 0.2) is 0 Å². The lowest BCUT2D eigenvalue weighted by Gasteiger charge is -2.36. The Balaban J connectivity index is 1.96. The van der Waals surface area contributed by atoms with Crippen LogP contribution in [0.3, 0.4) is 0 Å². The first kappa shape index (κ1) is 15.5. The summed E-state index contributed by atoms with van der Waals surface area (Å²) in [7, 11) is 1.78. The molecule has 0 bridgehead atoms. The number of thiophene rings is 1. The van der Waals surface area contributed by atoms with Crippen molar-refractivity contribution >= 4 is 29.1 Å². The molecule has 7 heteroatoms. The Morgan fingerprint density at radius 3 is 2.29 bits per heavy atom. The molecule has 6 nitrogen and oxygen atoms in total. The molecule has 2 rings (SSSR count). The number of rotatable bonds is 3. The molecule has 1 aliphatic heterocycles. The average Bonchev–Trinajstić information content (AvgIpc) is 2.96. The molecule has 1 saturated heterocycles. The molecule has 1 aromatic heterocycles. The van der Waals surface area contributed by atoms with Gasteiger partial charge < -0.3 is 14.9 Å². The van der Waals surface area contributed by atoms with Crippen LogP contribution in [0.1, 0.15) is 39.1 Å². The molecule has 1 aromatic rings. The predicted molar refractivity (Wildman–Crippen MR) is 78.6 cm³/mol. The zero-order valence-electron chi connectivity index (χ0n) is 12.0. The molecule has 1 N–H and O–H groups in total. The van der Waals surface area contributed by atoms with E-state index in [1.54, 1.807) is 22.9 Å². The van der Waals surface area contributed by atoms with Crippen molar-refractivity contribution in [1.82, 2.24) is 9.80 Å². The average molecular weight is 310 g/mol. The van der Waals surface area contributed by atoms with Crippen molar-refractivity contribution in [2.75, 3.05) is 20.1 Å². The van der Waals surface area contributed by atoms with Gasteiger partial charge in [-0.3, -0.25) is 9.59 Å². The molecule has 0 radical (unpaired) electrons. The van der Waals surface area contributed by atoms with Gasteiger partial charge in [0.05, 0.1) is 4.88 Å². The first-order valence-electron chi connectivity index (χ1n) is 6.76. The molecule has 1 fully saturated rings. The van der Waals surface area contributed by atoms with Gasteiger partial charge >= 0.3 is 5.97 Å². The highest BCUT2D eigenvalue weighted by atomic mass is 32.1. The minimum absolute atomic E-state index is 0.0316. The highest BCUT2D eigenvalue weighted by Gasteiger charge is 2.27. The number of carboxylic acids is 1. The first-order valence-corrected chi connectivity index (χ1v) is 7.57. The van der Waals surface area contributed by atoms with Crippen LogP contribution in [0.25, 0.3) is 0 Å². The molecule has 114 valence electrons. The largest absolute Gasteiger partial charge is 0.477 e. The van der Waals surface area contributed by atoms with Crippen LogP contribution in [0.5, 0.6) is 0 Å². The number of amides is 2. The van der Waals surface area contributed by atoms with E-state index in [0.717, 1.165) is 24.2 Å². The van der Waals surface area contributed by atoms with Gasteiger partial charge in [0.25, 0.3) is 5.91 Å². The topological polar surface area (TPSA) is 77.9 Å². The van der Waals surface area contributed by atoms with Crippen LogP contribution in [0, 0.1) is 0 Å². The molecular weight excluding hydrogens is 292 g/mol. The maximum atomic E-state index is 12.3. The maximum absolute atomic E-state index is 12.3. The number of carbonyl (C=O) groups excluding carboxylic acids is 2. The molecule has 2 amide bonds. The fourth-order valence-electron chi connectivity index (χ4n) is 2.44. The highest BCUT2D eigenvalue weighted by Crippen LogP contribution is 2.22. The third kappa shape index (κ3) is 3.41. The van der Waals surface area contributed by atoms with E-state index in [9.17, 15) is 14.4 Å². The number of carbonyl (C=O) groups is 3. The number of hydrogen-bond acceptors (Lipinski definition) is 4. The predicted octanol–water partition coefficient (Wildman–Crippen LogP) is 1.53. The van der Waals surface area contributed by atoms with Gasteiger partial charge in [-0.2, -0.15) is 0 Å². The maximum Gasteiger partial charge on any atom is 0.345 e. The first-order chi connectivity index (χ1) is 9.90. The summed E-state index contributed by atoms with van der Waals surface area (Å²) < 4.78 is 0. The minimum atomic E-state index is -1.01. The van der Waals surface area contributed by atoms with Crippen molar-refractivity contribution in [2.45, 2.75) is 25.8 Å². The fraction of sp³-hybridized carbons (Fsp3) is 0.500. The van der Waals surface area contributed by atoms with E-state index < -0.39 is 5.97 Å². The quantitative estimate of drug-likeness (QED) is 0.918. The molecule has 2 heterocycles. The number of likely N-dealkylation sites (tertiary alicyclic amines) is 1. The van der Waals surface area contributed by atoms with E-state index in [4.69, 9.17) is 5.11 Å². The number of carboxylic acid groups (broad SMARTS) is 1. The summed E-state index contributed by atoms with van der Waals surface area (Å²) in [6.07, 6.45) is 1.50. The van der Waals surface area contributed by atoms with Gasteiger partial charge in [-0.1, -0.05) is 0 Å². The smallest absolute Gasteiger partial charge is 0.345 e. The van der Waals surface area contributed by atoms with E-state index >= 15 is 0 Å². The molecule has 0 aliphatic carbocycles. The summed E-state index contributed by atoms with van der Waals surface area (Å²) in [5.74, 6) is -1.11. The van der Waals surface area contributed by atoms with Crippen LogP contribution >= 0.6 is 11.3 Å². The lowest BCUT2D eigenvalue weighted by atomic mass is 10.0. The fourth-order valence-corrected chi connectivity index (χ4v) is 3.25. The number of piperidine rings is 1. The standard InChI is InChI=1S/C14H18N2O4S/c1-9(17)15(2)10-5-7-16(8-6-10)13(18)11-3-4-12(21-11)14(19)20/h3-4,10H,5-8H2,1-2H3,(H,19,20).